The third-order valence-electron chi connectivity index (χ3n) is 19.5. The van der Waals surface area contributed by atoms with E-state index in [4.69, 9.17) is 28.4 Å². The molecule has 0 spiro atoms. The van der Waals surface area contributed by atoms with Crippen molar-refractivity contribution in [1.29, 1.82) is 0 Å². The molecule has 2 aromatic carbocycles. The van der Waals surface area contributed by atoms with Gasteiger partial charge in [-0.1, -0.05) is 49.3 Å². The second-order valence-electron chi connectivity index (χ2n) is 29.9. The van der Waals surface area contributed by atoms with Crippen molar-refractivity contribution in [1.82, 2.24) is 50.3 Å². The highest BCUT2D eigenvalue weighted by Gasteiger charge is 2.64. The van der Waals surface area contributed by atoms with Crippen LogP contribution in [0.15, 0.2) is 48.6 Å². The van der Waals surface area contributed by atoms with E-state index in [1.807, 2.05) is 6.08 Å². The number of carbonyl (C=O) groups excluding carboxylic acids is 10. The van der Waals surface area contributed by atoms with E-state index in [1.54, 1.807) is 71.9 Å². The number of sulfonamides is 2. The molecule has 558 valence electrons. The van der Waals surface area contributed by atoms with Crippen molar-refractivity contribution < 1.29 is 102 Å². The first-order chi connectivity index (χ1) is 48.1. The zero-order valence-corrected chi connectivity index (χ0v) is 59.5. The van der Waals surface area contributed by atoms with Crippen molar-refractivity contribution in [2.45, 2.75) is 227 Å². The number of hydrogen-bond donors (Lipinski definition) is 6. The Labute approximate surface area is 590 Å². The molecule has 12 rings (SSSR count). The van der Waals surface area contributed by atoms with Crippen molar-refractivity contribution in [2.75, 3.05) is 39.5 Å². The maximum atomic E-state index is 14.4. The van der Waals surface area contributed by atoms with Crippen molar-refractivity contribution in [3.8, 4) is 0 Å². The SMILES string of the molecule is CC(C)(C)OC(=O)N[C@H]1COCCC/C=C\[C@@H]2C[C@@]2(C(=O)NS(=O)(=O)C2CC2)NC(=O)[C@@H]2C[C@@H](OC(=O)N3Cc4cccc(F)c4C3)CN2C1=O.CC(C)(C)OC(=O)N[C@H]1COCCCCC[C@@H]2C[C@@]2(C(=O)NS(=O)(=O)C2CC2)NC(=O)[C@@H]2C[C@@H](OC(=O)N3Cc4cccc(F)c4C3)CN2C1=O. The van der Waals surface area contributed by atoms with Gasteiger partial charge in [0.2, 0.25) is 43.7 Å². The molecular weight excluding hydrogens is 1380 g/mol. The standard InChI is InChI=1S/C34H46FN5O10S.C34H44FN5O10S/c2*1-33(2,3)50-31(44)36-26-19-48-13-6-4-5-9-21-15-34(21,30(43)38-51(46,47)23-11-12-23)37-28(41)27-14-22(17-40(27)29(26)42)49-32(45)39-16-20-8-7-10-25(35)24(20)18-39/h7-8,10,21-23,26-27H,4-6,9,11-19H2,1-3H3,(H,36,44)(H,37,41)(H,38,43);5,7-10,21-23,26-27H,4,6,11-19H2,1-3H3,(H,36,44)(H,37,41)(H,38,43)/b;9-5-/t2*21-,22-,26+,27+,34-/m11/s1. The number of alkyl carbamates (subject to hydrolysis) is 2. The van der Waals surface area contributed by atoms with Crippen molar-refractivity contribution in [3.05, 3.63) is 82.4 Å². The molecule has 0 radical (unpaired) electrons. The van der Waals surface area contributed by atoms with Crippen LogP contribution in [0.3, 0.4) is 0 Å². The van der Waals surface area contributed by atoms with Gasteiger partial charge in [-0.15, -0.1) is 0 Å². The number of benzene rings is 2. The predicted octanol–water partition coefficient (Wildman–Crippen LogP) is 4.21. The largest absolute Gasteiger partial charge is 0.444 e. The molecule has 0 aromatic heterocycles. The highest BCUT2D eigenvalue weighted by atomic mass is 32.2. The third-order valence-corrected chi connectivity index (χ3v) is 23.2. The smallest absolute Gasteiger partial charge is 0.410 e. The molecule has 10 amide bonds. The van der Waals surface area contributed by atoms with E-state index in [1.165, 1.54) is 26.8 Å². The molecule has 102 heavy (non-hydrogen) atoms. The summed E-state index contributed by atoms with van der Waals surface area (Å²) in [6.07, 6.45) is 3.75. The lowest BCUT2D eigenvalue weighted by Gasteiger charge is -2.30. The van der Waals surface area contributed by atoms with Crippen LogP contribution in [0.4, 0.5) is 28.0 Å². The van der Waals surface area contributed by atoms with Gasteiger partial charge in [0.1, 0.15) is 70.3 Å². The average molecular weight is 1470 g/mol. The first-order valence-corrected chi connectivity index (χ1v) is 37.8. The van der Waals surface area contributed by atoms with Crippen LogP contribution in [0.1, 0.15) is 154 Å². The molecule has 3 saturated heterocycles. The monoisotopic (exact) mass is 1470 g/mol. The fourth-order valence-corrected chi connectivity index (χ4v) is 16.4. The Bertz CT molecular complexity index is 3900. The van der Waals surface area contributed by atoms with Gasteiger partial charge in [-0.3, -0.25) is 48.0 Å². The predicted molar refractivity (Wildman–Crippen MR) is 355 cm³/mol. The normalized spacial score (nSPS) is 28.8. The Morgan fingerprint density at radius 1 is 0.578 bits per heavy atom. The molecule has 6 aliphatic heterocycles. The lowest BCUT2D eigenvalue weighted by Crippen LogP contribution is -2.59. The maximum absolute atomic E-state index is 14.4. The second-order valence-corrected chi connectivity index (χ2v) is 33.8. The summed E-state index contributed by atoms with van der Waals surface area (Å²) >= 11 is 0. The fraction of sp³-hybridized carbons (Fsp3) is 0.647. The number of amides is 10. The molecule has 6 heterocycles. The van der Waals surface area contributed by atoms with Crippen LogP contribution in [0.25, 0.3) is 0 Å². The topological polar surface area (TPSA) is 379 Å². The summed E-state index contributed by atoms with van der Waals surface area (Å²) in [6.45, 7) is 9.73. The Morgan fingerprint density at radius 3 is 1.48 bits per heavy atom. The summed E-state index contributed by atoms with van der Waals surface area (Å²) < 4.78 is 118. The number of hydrogen-bond acceptors (Lipinski definition) is 20. The van der Waals surface area contributed by atoms with Crippen LogP contribution < -0.4 is 30.7 Å². The Hall–Kier alpha value is -8.24. The van der Waals surface area contributed by atoms with Gasteiger partial charge in [-0.05, 0) is 135 Å². The molecule has 4 saturated carbocycles. The van der Waals surface area contributed by atoms with Gasteiger partial charge in [0.15, 0.2) is 0 Å². The second kappa shape index (κ2) is 29.8. The molecule has 10 aliphatic rings. The molecule has 30 nitrogen and oxygen atoms in total. The lowest BCUT2D eigenvalue weighted by molar-refractivity contribution is -0.142. The van der Waals surface area contributed by atoms with Crippen molar-refractivity contribution in [2.24, 2.45) is 11.8 Å². The molecule has 7 fully saturated rings. The zero-order valence-electron chi connectivity index (χ0n) is 57.9. The Kier molecular flexibility index (Phi) is 21.9. The van der Waals surface area contributed by atoms with Crippen LogP contribution in [-0.4, -0.2) is 205 Å². The molecule has 0 unspecified atom stereocenters. The number of nitrogens with zero attached hydrogens (tertiary/aromatic N) is 4. The number of ether oxygens (including phenoxy) is 6. The minimum atomic E-state index is -3.94. The molecule has 34 heteroatoms. The zero-order chi connectivity index (χ0) is 73.4. The van der Waals surface area contributed by atoms with E-state index in [-0.39, 0.29) is 97.3 Å². The van der Waals surface area contributed by atoms with Gasteiger partial charge in [0, 0.05) is 56.2 Å². The van der Waals surface area contributed by atoms with E-state index >= 15 is 0 Å². The summed E-state index contributed by atoms with van der Waals surface area (Å²) in [5, 5.41) is 9.32. The average Bonchev–Trinajstić information content (AvgIpc) is 1.58. The molecule has 6 N–H and O–H groups in total. The van der Waals surface area contributed by atoms with Gasteiger partial charge in [0.05, 0.1) is 49.9 Å². The van der Waals surface area contributed by atoms with Crippen LogP contribution in [-0.2, 0) is 103 Å². The summed E-state index contributed by atoms with van der Waals surface area (Å²) in [5.41, 5.74) is -2.81. The third kappa shape index (κ3) is 17.9. The Morgan fingerprint density at radius 2 is 1.03 bits per heavy atom. The summed E-state index contributed by atoms with van der Waals surface area (Å²) in [5.74, 6) is -6.33. The quantitative estimate of drug-likeness (QED) is 0.143. The molecular formula is C68H90F2N10O20S2. The lowest BCUT2D eigenvalue weighted by atomic mass is 10.1. The van der Waals surface area contributed by atoms with Crippen LogP contribution in [0.2, 0.25) is 0 Å². The van der Waals surface area contributed by atoms with Gasteiger partial charge in [0.25, 0.3) is 11.8 Å². The van der Waals surface area contributed by atoms with E-state index < -0.39 is 167 Å². The number of fused-ring (bicyclic) bond motifs is 6. The number of carbonyl (C=O) groups is 10. The van der Waals surface area contributed by atoms with Crippen LogP contribution in [0.5, 0.6) is 0 Å². The number of allylic oxidation sites excluding steroid dienone is 1. The van der Waals surface area contributed by atoms with Gasteiger partial charge >= 0.3 is 24.4 Å². The highest BCUT2D eigenvalue weighted by Crippen LogP contribution is 2.49. The van der Waals surface area contributed by atoms with Crippen molar-refractivity contribution >= 4 is 79.9 Å². The highest BCUT2D eigenvalue weighted by molar-refractivity contribution is 7.91. The molecule has 4 aliphatic carbocycles. The summed E-state index contributed by atoms with van der Waals surface area (Å²) in [6, 6.07) is 4.03. The van der Waals surface area contributed by atoms with Gasteiger partial charge < -0.3 is 59.5 Å². The molecule has 0 bridgehead atoms. The van der Waals surface area contributed by atoms with E-state index in [2.05, 4.69) is 30.7 Å². The first kappa shape index (κ1) is 74.9. The van der Waals surface area contributed by atoms with Gasteiger partial charge in [-0.2, -0.15) is 0 Å². The Balaban J connectivity index is 0.000000205. The first-order valence-electron chi connectivity index (χ1n) is 34.7. The van der Waals surface area contributed by atoms with E-state index in [0.29, 0.717) is 80.0 Å². The number of halogens is 2. The van der Waals surface area contributed by atoms with Crippen LogP contribution in [0, 0.1) is 23.5 Å². The minimum Gasteiger partial charge on any atom is -0.444 e. The molecule has 10 atom stereocenters. The number of nitrogens with one attached hydrogen (secondary N) is 6. The fourth-order valence-electron chi connectivity index (χ4n) is 13.7. The van der Waals surface area contributed by atoms with E-state index in [9.17, 15) is 73.6 Å². The van der Waals surface area contributed by atoms with Gasteiger partial charge in [-0.25, -0.2) is 44.8 Å². The van der Waals surface area contributed by atoms with E-state index in [0.717, 1.165) is 11.3 Å². The maximum Gasteiger partial charge on any atom is 0.410 e. The minimum absolute atomic E-state index is 0.0118. The summed E-state index contributed by atoms with van der Waals surface area (Å²) in [4.78, 5) is 141. The van der Waals surface area contributed by atoms with Crippen molar-refractivity contribution in [3.63, 3.8) is 0 Å². The summed E-state index contributed by atoms with van der Waals surface area (Å²) in [7, 11) is -7.85. The van der Waals surface area contributed by atoms with Crippen LogP contribution >= 0.6 is 0 Å². The molecule has 2 aromatic rings. The number of rotatable bonds is 10.